The highest BCUT2D eigenvalue weighted by Gasteiger charge is 2.26. The third kappa shape index (κ3) is 5.11. The molecule has 166 valence electrons. The fourth-order valence-corrected chi connectivity index (χ4v) is 3.72. The predicted molar refractivity (Wildman–Crippen MR) is 115 cm³/mol. The van der Waals surface area contributed by atoms with E-state index in [1.165, 1.54) is 23.0 Å². The lowest BCUT2D eigenvalue weighted by Crippen LogP contribution is -2.47. The van der Waals surface area contributed by atoms with E-state index in [4.69, 9.17) is 4.74 Å². The zero-order valence-electron chi connectivity index (χ0n) is 17.7. The molecule has 32 heavy (non-hydrogen) atoms. The van der Waals surface area contributed by atoms with Crippen LogP contribution in [-0.2, 0) is 11.2 Å². The van der Waals surface area contributed by atoms with E-state index < -0.39 is 0 Å². The molecule has 4 rings (SSSR count). The average Bonchev–Trinajstić information content (AvgIpc) is 3.30. The van der Waals surface area contributed by atoms with Crippen LogP contribution in [0, 0.1) is 5.82 Å². The summed E-state index contributed by atoms with van der Waals surface area (Å²) in [6.45, 7) is 1.04. The molecule has 1 N–H and O–H groups in total. The zero-order chi connectivity index (χ0) is 22.5. The minimum absolute atomic E-state index is 0.0204. The predicted octanol–water partition coefficient (Wildman–Crippen LogP) is 2.38. The molecule has 2 heterocycles. The summed E-state index contributed by atoms with van der Waals surface area (Å²) in [7, 11) is 1.59. The van der Waals surface area contributed by atoms with Gasteiger partial charge in [0.1, 0.15) is 11.6 Å². The van der Waals surface area contributed by atoms with E-state index in [0.29, 0.717) is 31.6 Å². The van der Waals surface area contributed by atoms with Crippen molar-refractivity contribution in [1.29, 1.82) is 0 Å². The van der Waals surface area contributed by atoms with Crippen molar-refractivity contribution in [3.05, 3.63) is 71.8 Å². The van der Waals surface area contributed by atoms with Crippen LogP contribution in [0.4, 0.5) is 4.39 Å². The molecule has 3 aromatic rings. The number of carbonyl (C=O) groups is 2. The second-order valence-corrected chi connectivity index (χ2v) is 7.69. The van der Waals surface area contributed by atoms with E-state index in [2.05, 4.69) is 15.6 Å². The molecule has 8 nitrogen and oxygen atoms in total. The lowest BCUT2D eigenvalue weighted by Gasteiger charge is -2.32. The summed E-state index contributed by atoms with van der Waals surface area (Å²) in [4.78, 5) is 26.9. The van der Waals surface area contributed by atoms with Gasteiger partial charge in [0.15, 0.2) is 5.69 Å². The van der Waals surface area contributed by atoms with Crippen molar-refractivity contribution in [2.24, 2.45) is 0 Å². The third-order valence-corrected chi connectivity index (χ3v) is 5.45. The third-order valence-electron chi connectivity index (χ3n) is 5.45. The zero-order valence-corrected chi connectivity index (χ0v) is 17.7. The van der Waals surface area contributed by atoms with Gasteiger partial charge in [0.05, 0.1) is 25.4 Å². The Morgan fingerprint density at radius 2 is 1.91 bits per heavy atom. The Balaban J connectivity index is 1.28. The van der Waals surface area contributed by atoms with E-state index in [1.807, 2.05) is 24.3 Å². The van der Waals surface area contributed by atoms with Crippen molar-refractivity contribution in [3.63, 3.8) is 0 Å². The number of nitrogens with zero attached hydrogens (tertiary/aromatic N) is 4. The highest BCUT2D eigenvalue weighted by Crippen LogP contribution is 2.16. The summed E-state index contributed by atoms with van der Waals surface area (Å²) in [6.07, 6.45) is 3.16. The Labute approximate surface area is 185 Å². The number of piperidine rings is 1. The molecule has 0 radical (unpaired) electrons. The number of benzene rings is 2. The molecule has 0 spiro atoms. The smallest absolute Gasteiger partial charge is 0.276 e. The highest BCUT2D eigenvalue weighted by molar-refractivity contribution is 5.92. The normalized spacial score (nSPS) is 14.2. The van der Waals surface area contributed by atoms with Gasteiger partial charge in [0.25, 0.3) is 5.91 Å². The number of nitrogens with one attached hydrogen (secondary N) is 1. The van der Waals surface area contributed by atoms with Crippen LogP contribution in [0.15, 0.2) is 54.7 Å². The van der Waals surface area contributed by atoms with Gasteiger partial charge < -0.3 is 15.0 Å². The molecule has 1 saturated heterocycles. The number of ether oxygens (including phenoxy) is 1. The van der Waals surface area contributed by atoms with Crippen LogP contribution in [0.5, 0.6) is 5.75 Å². The topological polar surface area (TPSA) is 89.4 Å². The fraction of sp³-hybridized carbons (Fsp3) is 0.304. The van der Waals surface area contributed by atoms with E-state index in [0.717, 1.165) is 11.3 Å². The van der Waals surface area contributed by atoms with Gasteiger partial charge in [-0.2, -0.15) is 0 Å². The summed E-state index contributed by atoms with van der Waals surface area (Å²) in [5.74, 6) is 0.117. The van der Waals surface area contributed by atoms with Crippen molar-refractivity contribution in [1.82, 2.24) is 25.2 Å². The number of carbonyl (C=O) groups excluding carboxylic acids is 2. The largest absolute Gasteiger partial charge is 0.497 e. The van der Waals surface area contributed by atoms with Crippen molar-refractivity contribution in [3.8, 4) is 11.4 Å². The molecule has 0 saturated carbocycles. The van der Waals surface area contributed by atoms with Crippen LogP contribution < -0.4 is 10.1 Å². The molecular weight excluding hydrogens is 413 g/mol. The maximum atomic E-state index is 13.1. The minimum Gasteiger partial charge on any atom is -0.497 e. The maximum Gasteiger partial charge on any atom is 0.276 e. The minimum atomic E-state index is -0.344. The Bertz CT molecular complexity index is 1090. The highest BCUT2D eigenvalue weighted by atomic mass is 19.1. The summed E-state index contributed by atoms with van der Waals surface area (Å²) in [5.41, 5.74) is 1.74. The van der Waals surface area contributed by atoms with Crippen LogP contribution in [0.1, 0.15) is 28.9 Å². The number of hydrogen-bond acceptors (Lipinski definition) is 5. The summed E-state index contributed by atoms with van der Waals surface area (Å²) in [5, 5.41) is 11.0. The monoisotopic (exact) mass is 437 g/mol. The maximum absolute atomic E-state index is 13.1. The quantitative estimate of drug-likeness (QED) is 0.640. The number of methoxy groups -OCH3 is 1. The second kappa shape index (κ2) is 9.59. The second-order valence-electron chi connectivity index (χ2n) is 7.69. The van der Waals surface area contributed by atoms with Gasteiger partial charge in [-0.05, 0) is 54.8 Å². The first-order valence-corrected chi connectivity index (χ1v) is 10.4. The van der Waals surface area contributed by atoms with Gasteiger partial charge in [0, 0.05) is 19.1 Å². The van der Waals surface area contributed by atoms with Gasteiger partial charge in [-0.3, -0.25) is 9.59 Å². The number of likely N-dealkylation sites (tertiary alicyclic amines) is 1. The van der Waals surface area contributed by atoms with Gasteiger partial charge >= 0.3 is 0 Å². The summed E-state index contributed by atoms with van der Waals surface area (Å²) >= 11 is 0. The summed E-state index contributed by atoms with van der Waals surface area (Å²) in [6, 6.07) is 13.2. The first-order valence-electron chi connectivity index (χ1n) is 10.4. The first kappa shape index (κ1) is 21.5. The van der Waals surface area contributed by atoms with E-state index in [9.17, 15) is 14.0 Å². The van der Waals surface area contributed by atoms with E-state index >= 15 is 0 Å². The SMILES string of the molecule is COc1cccc(CC(=O)NC2CCN(C(=O)c3cn(-c4ccc(F)cc4)nn3)CC2)c1. The number of halogens is 1. The molecule has 1 aliphatic rings. The van der Waals surface area contributed by atoms with Crippen LogP contribution in [0.2, 0.25) is 0 Å². The Kier molecular flexibility index (Phi) is 6.44. The van der Waals surface area contributed by atoms with Gasteiger partial charge in [-0.1, -0.05) is 17.3 Å². The van der Waals surface area contributed by atoms with Crippen molar-refractivity contribution in [2.75, 3.05) is 20.2 Å². The molecule has 1 aromatic heterocycles. The molecule has 0 aliphatic carbocycles. The number of hydrogen-bond donors (Lipinski definition) is 1. The number of rotatable bonds is 6. The molecular formula is C23H24FN5O3. The van der Waals surface area contributed by atoms with Gasteiger partial charge in [-0.15, -0.1) is 5.10 Å². The van der Waals surface area contributed by atoms with Crippen LogP contribution in [-0.4, -0.2) is 57.9 Å². The van der Waals surface area contributed by atoms with Gasteiger partial charge in [-0.25, -0.2) is 9.07 Å². The fourth-order valence-electron chi connectivity index (χ4n) is 3.72. The molecule has 0 unspecified atom stereocenters. The standard InChI is InChI=1S/C23H24FN5O3/c1-32-20-4-2-3-16(13-20)14-22(30)25-18-9-11-28(12-10-18)23(31)21-15-29(27-26-21)19-7-5-17(24)6-8-19/h2-8,13,15,18H,9-12,14H2,1H3,(H,25,30). The number of amides is 2. The van der Waals surface area contributed by atoms with Crippen molar-refractivity contribution < 1.29 is 18.7 Å². The van der Waals surface area contributed by atoms with E-state index in [-0.39, 0.29) is 35.8 Å². The lowest BCUT2D eigenvalue weighted by atomic mass is 10.0. The lowest BCUT2D eigenvalue weighted by molar-refractivity contribution is -0.121. The first-order chi connectivity index (χ1) is 15.5. The Morgan fingerprint density at radius 1 is 1.16 bits per heavy atom. The molecule has 9 heteroatoms. The number of aromatic nitrogens is 3. The molecule has 2 aromatic carbocycles. The van der Waals surface area contributed by atoms with Gasteiger partial charge in [0.2, 0.25) is 5.91 Å². The molecule has 1 fully saturated rings. The molecule has 2 amide bonds. The van der Waals surface area contributed by atoms with Crippen molar-refractivity contribution >= 4 is 11.8 Å². The van der Waals surface area contributed by atoms with E-state index in [1.54, 1.807) is 24.1 Å². The Morgan fingerprint density at radius 3 is 2.62 bits per heavy atom. The molecule has 1 aliphatic heterocycles. The molecule has 0 atom stereocenters. The summed E-state index contributed by atoms with van der Waals surface area (Å²) < 4.78 is 19.7. The average molecular weight is 437 g/mol. The van der Waals surface area contributed by atoms with Crippen LogP contribution in [0.3, 0.4) is 0 Å². The Hall–Kier alpha value is -3.75. The van der Waals surface area contributed by atoms with Crippen LogP contribution in [0.25, 0.3) is 5.69 Å². The molecule has 0 bridgehead atoms. The van der Waals surface area contributed by atoms with Crippen LogP contribution >= 0.6 is 0 Å². The van der Waals surface area contributed by atoms with Crippen molar-refractivity contribution in [2.45, 2.75) is 25.3 Å².